The van der Waals surface area contributed by atoms with Crippen molar-refractivity contribution < 1.29 is 11.0 Å². The second-order valence-electron chi connectivity index (χ2n) is 17.5. The predicted molar refractivity (Wildman–Crippen MR) is 290 cm³/mol. The molecule has 0 atom stereocenters. The van der Waals surface area contributed by atoms with Crippen LogP contribution in [0.2, 0.25) is 0 Å². The fourth-order valence-corrected chi connectivity index (χ4v) is 11.0. The highest BCUT2D eigenvalue weighted by molar-refractivity contribution is 6.13. The van der Waals surface area contributed by atoms with E-state index in [0.717, 1.165) is 66.1 Å². The summed E-state index contributed by atoms with van der Waals surface area (Å²) in [5.41, 5.74) is 9.70. The molecule has 0 N–H and O–H groups in total. The van der Waals surface area contributed by atoms with Crippen molar-refractivity contribution in [1.29, 1.82) is 0 Å². The van der Waals surface area contributed by atoms with Gasteiger partial charge in [-0.05, 0) is 77.8 Å². The normalized spacial score (nSPS) is 13.6. The van der Waals surface area contributed by atoms with Crippen LogP contribution in [0.4, 0.5) is 0 Å². The van der Waals surface area contributed by atoms with Crippen molar-refractivity contribution in [1.82, 2.24) is 28.2 Å². The third kappa shape index (κ3) is 5.56. The number of fused-ring (bicyclic) bond motifs is 12. The van der Waals surface area contributed by atoms with E-state index in [1.165, 1.54) is 0 Å². The Morgan fingerprint density at radius 2 is 0.700 bits per heavy atom. The molecule has 0 saturated heterocycles. The average Bonchev–Trinajstić information content (AvgIpc) is 4.39. The topological polar surface area (TPSA) is 45.5 Å². The molecule has 0 spiro atoms. The monoisotopic (exact) mass is 900 g/mol. The first-order valence-electron chi connectivity index (χ1n) is 27.2. The van der Waals surface area contributed by atoms with Crippen LogP contribution in [0.3, 0.4) is 0 Å². The second kappa shape index (κ2) is 15.0. The number of para-hydroxylation sites is 8. The highest BCUT2D eigenvalue weighted by Crippen LogP contribution is 2.43. The number of benzene rings is 10. The van der Waals surface area contributed by atoms with Gasteiger partial charge in [0.1, 0.15) is 11.6 Å². The average molecular weight is 901 g/mol. The first-order chi connectivity index (χ1) is 38.1. The number of aromatic nitrogens is 6. The van der Waals surface area contributed by atoms with Crippen molar-refractivity contribution in [2.45, 2.75) is 0 Å². The van der Waals surface area contributed by atoms with Crippen LogP contribution < -0.4 is 0 Å². The van der Waals surface area contributed by atoms with Crippen LogP contribution in [-0.2, 0) is 0 Å². The van der Waals surface area contributed by atoms with Crippen LogP contribution in [-0.4, -0.2) is 28.2 Å². The molecule has 0 aliphatic heterocycles. The summed E-state index contributed by atoms with van der Waals surface area (Å²) >= 11 is 0. The Kier molecular flexibility index (Phi) is 6.74. The summed E-state index contributed by atoms with van der Waals surface area (Å²) < 4.78 is 81.1. The molecule has 0 saturated carbocycles. The van der Waals surface area contributed by atoms with E-state index in [1.807, 2.05) is 78.9 Å². The summed E-state index contributed by atoms with van der Waals surface area (Å²) in [5, 5.41) is 6.28. The van der Waals surface area contributed by atoms with E-state index in [2.05, 4.69) is 118 Å². The van der Waals surface area contributed by atoms with Gasteiger partial charge in [-0.1, -0.05) is 170 Å². The lowest BCUT2D eigenvalue weighted by Gasteiger charge is -2.20. The van der Waals surface area contributed by atoms with Gasteiger partial charge in [-0.15, -0.1) is 0 Å². The van der Waals surface area contributed by atoms with Crippen molar-refractivity contribution in [3.63, 3.8) is 0 Å². The highest BCUT2D eigenvalue weighted by Gasteiger charge is 2.25. The van der Waals surface area contributed by atoms with Gasteiger partial charge < -0.3 is 9.13 Å². The van der Waals surface area contributed by atoms with Gasteiger partial charge in [0.2, 0.25) is 0 Å². The Hall–Kier alpha value is -9.52. The zero-order valence-electron chi connectivity index (χ0n) is 45.2. The maximum absolute atomic E-state index is 9.51. The number of hydrogen-bond donors (Lipinski definition) is 0. The van der Waals surface area contributed by atoms with E-state index < -0.39 is 12.1 Å². The Balaban J connectivity index is 1.09. The lowest BCUT2D eigenvalue weighted by molar-refractivity contribution is 0.991. The van der Waals surface area contributed by atoms with Gasteiger partial charge in [0.25, 0.3) is 0 Å². The molecule has 0 aliphatic rings. The molecule has 0 aliphatic carbocycles. The summed E-state index contributed by atoms with van der Waals surface area (Å²) in [6.45, 7) is 0. The highest BCUT2D eigenvalue weighted by atomic mass is 15.2. The minimum atomic E-state index is -0.396. The fraction of sp³-hybridized carbons (Fsp3) is 0. The molecular formula is C64H40N6. The summed E-state index contributed by atoms with van der Waals surface area (Å²) in [6.07, 6.45) is 0. The van der Waals surface area contributed by atoms with E-state index >= 15 is 0 Å². The summed E-state index contributed by atoms with van der Waals surface area (Å²) in [4.78, 5) is 11.1. The maximum atomic E-state index is 9.51. The fourth-order valence-electron chi connectivity index (χ4n) is 11.0. The van der Waals surface area contributed by atoms with Gasteiger partial charge in [0.15, 0.2) is 5.82 Å². The van der Waals surface area contributed by atoms with Gasteiger partial charge in [-0.25, -0.2) is 9.97 Å². The molecule has 6 nitrogen and oxygen atoms in total. The smallest absolute Gasteiger partial charge is 0.166 e. The predicted octanol–water partition coefficient (Wildman–Crippen LogP) is 16.2. The molecule has 0 bridgehead atoms. The van der Waals surface area contributed by atoms with E-state index in [9.17, 15) is 5.48 Å². The third-order valence-electron chi connectivity index (χ3n) is 13.9. The van der Waals surface area contributed by atoms with E-state index in [4.69, 9.17) is 15.5 Å². The minimum Gasteiger partial charge on any atom is -0.309 e. The van der Waals surface area contributed by atoms with Gasteiger partial charge in [-0.3, -0.25) is 9.13 Å². The molecule has 0 amide bonds. The molecule has 15 aromatic rings. The van der Waals surface area contributed by atoms with E-state index in [-0.39, 0.29) is 64.7 Å². The molecule has 5 heterocycles. The third-order valence-corrected chi connectivity index (χ3v) is 13.9. The van der Waals surface area contributed by atoms with Gasteiger partial charge in [0, 0.05) is 54.8 Å². The standard InChI is InChI=1S/C64H40N6/c1-9-27-52-44(18-1)45-19-2-10-28-53(45)67(52)42-38-36-41(37-39-42)43-26-17-35-60(68-54-29-11-3-20-46(54)47-21-4-12-30-55(47)68)63(43)64-65-61(69-56-31-13-5-22-48(56)49-23-6-14-32-57(49)69)40-62(66-64)70-58-33-15-7-24-50(58)51-25-8-16-34-59(51)70/h1-40H/i5D,7D,13D,15D,22D,24D,31D,33D. The van der Waals surface area contributed by atoms with Crippen molar-refractivity contribution in [3.05, 3.63) is 242 Å². The molecule has 10 aromatic carbocycles. The lowest BCUT2D eigenvalue weighted by Crippen LogP contribution is -2.08. The summed E-state index contributed by atoms with van der Waals surface area (Å²) in [7, 11) is 0. The molecule has 0 radical (unpaired) electrons. The molecule has 15 rings (SSSR count). The van der Waals surface area contributed by atoms with Crippen LogP contribution in [0.25, 0.3) is 133 Å². The summed E-state index contributed by atoms with van der Waals surface area (Å²) in [5.74, 6) is 0.783. The Morgan fingerprint density at radius 3 is 1.16 bits per heavy atom. The largest absolute Gasteiger partial charge is 0.309 e. The summed E-state index contributed by atoms with van der Waals surface area (Å²) in [6, 6.07) is 62.3. The molecule has 0 fully saturated rings. The van der Waals surface area contributed by atoms with Crippen molar-refractivity contribution in [2.75, 3.05) is 0 Å². The number of nitrogens with zero attached hydrogens (tertiary/aromatic N) is 6. The molecule has 5 aromatic heterocycles. The minimum absolute atomic E-state index is 0.183. The van der Waals surface area contributed by atoms with Crippen LogP contribution >= 0.6 is 0 Å². The maximum Gasteiger partial charge on any atom is 0.166 e. The van der Waals surface area contributed by atoms with Gasteiger partial charge in [0.05, 0.1) is 66.4 Å². The first kappa shape index (κ1) is 31.5. The van der Waals surface area contributed by atoms with Gasteiger partial charge in [-0.2, -0.15) is 0 Å². The van der Waals surface area contributed by atoms with Crippen LogP contribution in [0.5, 0.6) is 0 Å². The van der Waals surface area contributed by atoms with Crippen LogP contribution in [0, 0.1) is 0 Å². The number of hydrogen-bond acceptors (Lipinski definition) is 2. The molecule has 6 heteroatoms. The molecule has 0 unspecified atom stereocenters. The molecule has 326 valence electrons. The van der Waals surface area contributed by atoms with Crippen LogP contribution in [0.1, 0.15) is 11.0 Å². The Morgan fingerprint density at radius 1 is 0.314 bits per heavy atom. The van der Waals surface area contributed by atoms with Crippen molar-refractivity contribution in [3.8, 4) is 45.5 Å². The molecular weight excluding hydrogens is 853 g/mol. The van der Waals surface area contributed by atoms with Crippen molar-refractivity contribution >= 4 is 87.2 Å². The van der Waals surface area contributed by atoms with E-state index in [1.54, 1.807) is 15.2 Å². The SMILES string of the molecule is [2H]c1c([2H])c([2H])c2c(c1[2H])c1ccccc1n2-c1cc(-n2c3ccccc3c3c([2H])c([2H])c([2H])c([2H])c32)nc(-c2c(-c3ccc(-n4c5ccccc5c5ccccc54)cc3)cccc2-n2c3ccccc3c3ccccc32)n1. The van der Waals surface area contributed by atoms with E-state index in [0.29, 0.717) is 38.1 Å². The quantitative estimate of drug-likeness (QED) is 0.167. The zero-order chi connectivity index (χ0) is 52.8. The Labute approximate surface area is 413 Å². The second-order valence-corrected chi connectivity index (χ2v) is 17.5. The lowest BCUT2D eigenvalue weighted by atomic mass is 9.96. The Bertz CT molecular complexity index is 4830. The van der Waals surface area contributed by atoms with Crippen LogP contribution in [0.15, 0.2) is 242 Å². The molecule has 70 heavy (non-hydrogen) atoms. The number of rotatable bonds is 6. The zero-order valence-corrected chi connectivity index (χ0v) is 37.2. The van der Waals surface area contributed by atoms with Gasteiger partial charge >= 0.3 is 0 Å². The van der Waals surface area contributed by atoms with Crippen molar-refractivity contribution in [2.24, 2.45) is 0 Å². The first-order valence-corrected chi connectivity index (χ1v) is 23.2.